The van der Waals surface area contributed by atoms with Crippen LogP contribution in [0.25, 0.3) is 0 Å². The predicted octanol–water partition coefficient (Wildman–Crippen LogP) is -0.405. The van der Waals surface area contributed by atoms with Gasteiger partial charge in [-0.25, -0.2) is 9.78 Å². The van der Waals surface area contributed by atoms with Crippen molar-refractivity contribution in [1.29, 1.82) is 0 Å². The van der Waals surface area contributed by atoms with Gasteiger partial charge in [0.25, 0.3) is 10.1 Å². The number of rotatable bonds is 1. The summed E-state index contributed by atoms with van der Waals surface area (Å²) < 4.78 is 29.3. The van der Waals surface area contributed by atoms with Crippen LogP contribution in [0.15, 0.2) is 0 Å². The van der Waals surface area contributed by atoms with E-state index in [1.165, 1.54) is 0 Å². The van der Waals surface area contributed by atoms with Gasteiger partial charge in [0.2, 0.25) is 0 Å². The van der Waals surface area contributed by atoms with Crippen LogP contribution in [0.2, 0.25) is 0 Å². The van der Waals surface area contributed by atoms with Gasteiger partial charge in [0.05, 0.1) is 6.61 Å². The topological polar surface area (TPSA) is 72.8 Å². The molecule has 0 bridgehead atoms. The third kappa shape index (κ3) is 1.91. The smallest absolute Gasteiger partial charge is 0.270 e. The maximum Gasteiger partial charge on any atom is 0.270 e. The minimum Gasteiger partial charge on any atom is -0.285 e. The number of hydrogen-bond acceptors (Lipinski definition) is 4. The molecule has 10 heavy (non-hydrogen) atoms. The third-order valence-corrected chi connectivity index (χ3v) is 2.50. The van der Waals surface area contributed by atoms with E-state index in [0.717, 1.165) is 0 Å². The molecule has 1 N–H and O–H groups in total. The summed E-state index contributed by atoms with van der Waals surface area (Å²) in [4.78, 5) is 8.79. The molecule has 0 radical (unpaired) electrons. The fourth-order valence-corrected chi connectivity index (χ4v) is 1.30. The molecule has 0 amide bonds. The quantitative estimate of drug-likeness (QED) is 0.426. The zero-order valence-electron chi connectivity index (χ0n) is 5.19. The van der Waals surface area contributed by atoms with E-state index < -0.39 is 15.4 Å². The lowest BCUT2D eigenvalue weighted by molar-refractivity contribution is -0.311. The fourth-order valence-electron chi connectivity index (χ4n) is 0.681. The molecule has 0 aromatic heterocycles. The summed E-state index contributed by atoms with van der Waals surface area (Å²) in [6.07, 6.45) is 0.291. The van der Waals surface area contributed by atoms with Crippen molar-refractivity contribution < 1.29 is 22.7 Å². The molecule has 1 atom stereocenters. The van der Waals surface area contributed by atoms with Gasteiger partial charge in [0, 0.05) is 0 Å². The van der Waals surface area contributed by atoms with Crippen LogP contribution in [0.1, 0.15) is 6.42 Å². The van der Waals surface area contributed by atoms with Crippen molar-refractivity contribution in [1.82, 2.24) is 0 Å². The molecule has 1 aliphatic rings. The average molecular weight is 168 g/mol. The van der Waals surface area contributed by atoms with Crippen molar-refractivity contribution in [3.8, 4) is 0 Å². The molecule has 0 spiro atoms. The molecule has 1 heterocycles. The van der Waals surface area contributed by atoms with Crippen LogP contribution < -0.4 is 0 Å². The Kier molecular flexibility index (Phi) is 2.24. The van der Waals surface area contributed by atoms with Crippen molar-refractivity contribution in [2.45, 2.75) is 11.7 Å². The van der Waals surface area contributed by atoms with Crippen molar-refractivity contribution >= 4 is 10.1 Å². The van der Waals surface area contributed by atoms with Crippen LogP contribution in [0.5, 0.6) is 0 Å². The monoisotopic (exact) mass is 168 g/mol. The summed E-state index contributed by atoms with van der Waals surface area (Å²) in [6, 6.07) is 0. The molecule has 6 heteroatoms. The highest BCUT2D eigenvalue weighted by Crippen LogP contribution is 2.09. The highest BCUT2D eigenvalue weighted by molar-refractivity contribution is 7.86. The zero-order chi connectivity index (χ0) is 7.61. The molecule has 0 aromatic carbocycles. The minimum absolute atomic E-state index is 0.0845. The predicted molar refractivity (Wildman–Crippen MR) is 31.9 cm³/mol. The Morgan fingerprint density at radius 1 is 1.40 bits per heavy atom. The van der Waals surface area contributed by atoms with Gasteiger partial charge in [-0.2, -0.15) is 8.42 Å². The largest absolute Gasteiger partial charge is 0.285 e. The first-order chi connectivity index (χ1) is 4.61. The third-order valence-electron chi connectivity index (χ3n) is 1.28. The molecule has 1 aliphatic heterocycles. The molecule has 1 fully saturated rings. The Morgan fingerprint density at radius 2 is 2.10 bits per heavy atom. The van der Waals surface area contributed by atoms with Crippen LogP contribution in [0.3, 0.4) is 0 Å². The van der Waals surface area contributed by atoms with E-state index in [1.54, 1.807) is 0 Å². The van der Waals surface area contributed by atoms with Crippen LogP contribution in [0, 0.1) is 0 Å². The van der Waals surface area contributed by atoms with Gasteiger partial charge in [-0.15, -0.1) is 0 Å². The summed E-state index contributed by atoms with van der Waals surface area (Å²) >= 11 is 0. The molecule has 5 nitrogen and oxygen atoms in total. The average Bonchev–Trinajstić information content (AvgIpc) is 1.88. The van der Waals surface area contributed by atoms with E-state index in [0.29, 0.717) is 6.42 Å². The van der Waals surface area contributed by atoms with Crippen LogP contribution in [-0.2, 0) is 19.9 Å². The minimum atomic E-state index is -3.93. The van der Waals surface area contributed by atoms with E-state index in [-0.39, 0.29) is 13.2 Å². The van der Waals surface area contributed by atoms with Crippen molar-refractivity contribution in [3.63, 3.8) is 0 Å². The molecule has 1 saturated heterocycles. The highest BCUT2D eigenvalue weighted by Gasteiger charge is 2.26. The molecule has 0 saturated carbocycles. The Hall–Kier alpha value is -0.170. The van der Waals surface area contributed by atoms with Gasteiger partial charge in [0.1, 0.15) is 11.9 Å². The van der Waals surface area contributed by atoms with Crippen molar-refractivity contribution in [2.75, 3.05) is 13.2 Å². The fraction of sp³-hybridized carbons (Fsp3) is 1.00. The first-order valence-corrected chi connectivity index (χ1v) is 4.32. The summed E-state index contributed by atoms with van der Waals surface area (Å²) in [5.41, 5.74) is 0. The SMILES string of the molecule is O=S(=O)(O)C1CCOOC1. The van der Waals surface area contributed by atoms with E-state index in [4.69, 9.17) is 4.55 Å². The molecular weight excluding hydrogens is 160 g/mol. The second-order valence-corrected chi connectivity index (χ2v) is 3.73. The lowest BCUT2D eigenvalue weighted by Crippen LogP contribution is -2.31. The molecule has 60 valence electrons. The number of hydrogen-bond donors (Lipinski definition) is 1. The van der Waals surface area contributed by atoms with E-state index >= 15 is 0 Å². The van der Waals surface area contributed by atoms with Crippen LogP contribution >= 0.6 is 0 Å². The second kappa shape index (κ2) is 2.83. The van der Waals surface area contributed by atoms with Crippen LogP contribution in [0.4, 0.5) is 0 Å². The normalized spacial score (nSPS) is 28.3. The summed E-state index contributed by atoms with van der Waals surface area (Å²) in [7, 11) is -3.93. The van der Waals surface area contributed by atoms with Gasteiger partial charge in [-0.1, -0.05) is 0 Å². The maximum atomic E-state index is 10.4. The van der Waals surface area contributed by atoms with Gasteiger partial charge in [0.15, 0.2) is 0 Å². The van der Waals surface area contributed by atoms with Crippen molar-refractivity contribution in [3.05, 3.63) is 0 Å². The summed E-state index contributed by atoms with van der Waals surface area (Å²) in [5.74, 6) is 0. The van der Waals surface area contributed by atoms with E-state index in [1.807, 2.05) is 0 Å². The van der Waals surface area contributed by atoms with Crippen molar-refractivity contribution in [2.24, 2.45) is 0 Å². The molecule has 1 rings (SSSR count). The zero-order valence-corrected chi connectivity index (χ0v) is 6.00. The molecule has 0 aliphatic carbocycles. The van der Waals surface area contributed by atoms with Crippen LogP contribution in [-0.4, -0.2) is 31.4 Å². The molecule has 0 aromatic rings. The highest BCUT2D eigenvalue weighted by atomic mass is 32.2. The lowest BCUT2D eigenvalue weighted by Gasteiger charge is -2.17. The molecule has 1 unspecified atom stereocenters. The Balaban J connectivity index is 2.56. The maximum absolute atomic E-state index is 10.4. The standard InChI is InChI=1S/C4H8O5S/c5-10(6,7)4-1-2-8-9-3-4/h4H,1-3H2,(H,5,6,7). The second-order valence-electron chi connectivity index (χ2n) is 2.03. The van der Waals surface area contributed by atoms with E-state index in [9.17, 15) is 8.42 Å². The molecular formula is C4H8O5S. The Bertz CT molecular complexity index is 190. The Morgan fingerprint density at radius 3 is 2.40 bits per heavy atom. The van der Waals surface area contributed by atoms with Gasteiger partial charge in [-0.05, 0) is 6.42 Å². The first kappa shape index (κ1) is 7.93. The lowest BCUT2D eigenvalue weighted by atomic mass is 10.3. The van der Waals surface area contributed by atoms with E-state index in [2.05, 4.69) is 9.78 Å². The van der Waals surface area contributed by atoms with Gasteiger partial charge >= 0.3 is 0 Å². The Labute approximate surface area is 58.6 Å². The summed E-state index contributed by atoms with van der Waals surface area (Å²) in [6.45, 7) is 0.128. The first-order valence-electron chi connectivity index (χ1n) is 2.81. The summed E-state index contributed by atoms with van der Waals surface area (Å²) in [5, 5.41) is -0.818. The van der Waals surface area contributed by atoms with Gasteiger partial charge < -0.3 is 0 Å². The van der Waals surface area contributed by atoms with Gasteiger partial charge in [-0.3, -0.25) is 4.55 Å².